The van der Waals surface area contributed by atoms with Crippen LogP contribution in [-0.2, 0) is 0 Å². The maximum Gasteiger partial charge on any atom is 0.0203 e. The standard InChI is InChI=1S/C5H12N2/c1-4-2-7-3-5(4)6/h4-5,7H,2-3,6H2,1H3/t4-,5+/m1/s1. The van der Waals surface area contributed by atoms with E-state index in [2.05, 4.69) is 12.2 Å². The van der Waals surface area contributed by atoms with Gasteiger partial charge in [-0.05, 0) is 12.5 Å². The van der Waals surface area contributed by atoms with E-state index in [1.54, 1.807) is 0 Å². The van der Waals surface area contributed by atoms with Gasteiger partial charge in [-0.15, -0.1) is 0 Å². The van der Waals surface area contributed by atoms with Crippen LogP contribution in [0.15, 0.2) is 0 Å². The monoisotopic (exact) mass is 100 g/mol. The Bertz CT molecular complexity index is 55.1. The normalized spacial score (nSPS) is 42.0. The van der Waals surface area contributed by atoms with Crippen molar-refractivity contribution in [3.63, 3.8) is 0 Å². The van der Waals surface area contributed by atoms with Crippen molar-refractivity contribution >= 4 is 0 Å². The van der Waals surface area contributed by atoms with Crippen LogP contribution in [0.2, 0.25) is 0 Å². The Balaban J connectivity index is 2.33. The van der Waals surface area contributed by atoms with E-state index in [9.17, 15) is 0 Å². The van der Waals surface area contributed by atoms with Gasteiger partial charge in [0.1, 0.15) is 0 Å². The molecule has 42 valence electrons. The van der Waals surface area contributed by atoms with Crippen LogP contribution in [0.1, 0.15) is 6.92 Å². The van der Waals surface area contributed by atoms with Gasteiger partial charge in [0.05, 0.1) is 0 Å². The van der Waals surface area contributed by atoms with Crippen molar-refractivity contribution in [2.75, 3.05) is 13.1 Å². The fraction of sp³-hybridized carbons (Fsp3) is 1.00. The van der Waals surface area contributed by atoms with Crippen LogP contribution in [-0.4, -0.2) is 19.1 Å². The predicted octanol–water partition coefficient (Wildman–Crippen LogP) is -0.447. The third-order valence-corrected chi connectivity index (χ3v) is 1.58. The Morgan fingerprint density at radius 2 is 2.29 bits per heavy atom. The molecule has 0 radical (unpaired) electrons. The molecule has 3 N–H and O–H groups in total. The lowest BCUT2D eigenvalue weighted by molar-refractivity contribution is 0.565. The van der Waals surface area contributed by atoms with Gasteiger partial charge >= 0.3 is 0 Å². The summed E-state index contributed by atoms with van der Waals surface area (Å²) in [5.74, 6) is 0.681. The Morgan fingerprint density at radius 1 is 1.57 bits per heavy atom. The van der Waals surface area contributed by atoms with Gasteiger partial charge in [-0.25, -0.2) is 0 Å². The van der Waals surface area contributed by atoms with E-state index in [-0.39, 0.29) is 0 Å². The maximum atomic E-state index is 5.62. The highest BCUT2D eigenvalue weighted by Gasteiger charge is 2.17. The summed E-state index contributed by atoms with van der Waals surface area (Å²) in [5, 5.41) is 3.20. The molecule has 0 amide bonds. The summed E-state index contributed by atoms with van der Waals surface area (Å²) in [4.78, 5) is 0. The lowest BCUT2D eigenvalue weighted by Gasteiger charge is -2.03. The van der Waals surface area contributed by atoms with Gasteiger partial charge in [0, 0.05) is 12.6 Å². The zero-order valence-electron chi connectivity index (χ0n) is 4.65. The molecule has 1 rings (SSSR count). The highest BCUT2D eigenvalue weighted by Crippen LogP contribution is 2.02. The number of rotatable bonds is 0. The molecule has 1 aliphatic heterocycles. The van der Waals surface area contributed by atoms with Crippen LogP contribution in [0.25, 0.3) is 0 Å². The molecule has 1 fully saturated rings. The van der Waals surface area contributed by atoms with Crippen LogP contribution in [0.4, 0.5) is 0 Å². The van der Waals surface area contributed by atoms with Crippen molar-refractivity contribution in [2.24, 2.45) is 11.7 Å². The predicted molar refractivity (Wildman–Crippen MR) is 30.0 cm³/mol. The van der Waals surface area contributed by atoms with Gasteiger partial charge in [-0.2, -0.15) is 0 Å². The molecule has 2 nitrogen and oxygen atoms in total. The van der Waals surface area contributed by atoms with Crippen LogP contribution in [0, 0.1) is 5.92 Å². The van der Waals surface area contributed by atoms with Crippen molar-refractivity contribution in [3.8, 4) is 0 Å². The van der Waals surface area contributed by atoms with Gasteiger partial charge in [0.15, 0.2) is 0 Å². The first-order chi connectivity index (χ1) is 3.30. The minimum absolute atomic E-state index is 0.403. The van der Waals surface area contributed by atoms with Gasteiger partial charge in [0.25, 0.3) is 0 Å². The molecule has 0 saturated carbocycles. The average molecular weight is 100 g/mol. The van der Waals surface area contributed by atoms with E-state index in [0.29, 0.717) is 12.0 Å². The highest BCUT2D eigenvalue weighted by atomic mass is 15.0. The molecule has 0 aromatic carbocycles. The van der Waals surface area contributed by atoms with Gasteiger partial charge in [0.2, 0.25) is 0 Å². The summed E-state index contributed by atoms with van der Waals surface area (Å²) in [5.41, 5.74) is 5.62. The quantitative estimate of drug-likeness (QED) is 0.433. The summed E-state index contributed by atoms with van der Waals surface area (Å²) in [7, 11) is 0. The Morgan fingerprint density at radius 3 is 2.43 bits per heavy atom. The second-order valence-electron chi connectivity index (χ2n) is 2.30. The van der Waals surface area contributed by atoms with Crippen LogP contribution < -0.4 is 11.1 Å². The molecule has 0 unspecified atom stereocenters. The molecule has 2 atom stereocenters. The fourth-order valence-corrected chi connectivity index (χ4v) is 0.830. The van der Waals surface area contributed by atoms with E-state index >= 15 is 0 Å². The lowest BCUT2D eigenvalue weighted by Crippen LogP contribution is -2.26. The largest absolute Gasteiger partial charge is 0.326 e. The molecule has 7 heavy (non-hydrogen) atoms. The zero-order chi connectivity index (χ0) is 5.28. The Kier molecular flexibility index (Phi) is 1.30. The molecule has 2 heteroatoms. The van der Waals surface area contributed by atoms with Gasteiger partial charge in [-0.3, -0.25) is 0 Å². The third kappa shape index (κ3) is 0.924. The summed E-state index contributed by atoms with van der Waals surface area (Å²) < 4.78 is 0. The van der Waals surface area contributed by atoms with Gasteiger partial charge in [-0.1, -0.05) is 6.92 Å². The molecule has 0 bridgehead atoms. The van der Waals surface area contributed by atoms with Crippen LogP contribution in [0.5, 0.6) is 0 Å². The molecular weight excluding hydrogens is 88.1 g/mol. The molecule has 1 saturated heterocycles. The first-order valence-electron chi connectivity index (χ1n) is 2.77. The van der Waals surface area contributed by atoms with Crippen molar-refractivity contribution in [1.29, 1.82) is 0 Å². The summed E-state index contributed by atoms with van der Waals surface area (Å²) in [6.07, 6.45) is 0. The number of hydrogen-bond acceptors (Lipinski definition) is 2. The van der Waals surface area contributed by atoms with Crippen LogP contribution in [0.3, 0.4) is 0 Å². The molecule has 0 aromatic heterocycles. The average Bonchev–Trinajstić information content (AvgIpc) is 1.91. The number of nitrogens with two attached hydrogens (primary N) is 1. The van der Waals surface area contributed by atoms with Crippen molar-refractivity contribution in [2.45, 2.75) is 13.0 Å². The molecular formula is C5H12N2. The van der Waals surface area contributed by atoms with E-state index in [1.165, 1.54) is 0 Å². The SMILES string of the molecule is C[C@@H]1CNC[C@@H]1N. The minimum atomic E-state index is 0.403. The van der Waals surface area contributed by atoms with E-state index in [4.69, 9.17) is 5.73 Å². The maximum absolute atomic E-state index is 5.62. The first kappa shape index (κ1) is 5.06. The molecule has 0 spiro atoms. The van der Waals surface area contributed by atoms with Gasteiger partial charge < -0.3 is 11.1 Å². The van der Waals surface area contributed by atoms with E-state index in [0.717, 1.165) is 13.1 Å². The Hall–Kier alpha value is -0.0800. The number of hydrogen-bond donors (Lipinski definition) is 2. The molecule has 1 heterocycles. The smallest absolute Gasteiger partial charge is 0.0203 e. The van der Waals surface area contributed by atoms with Crippen molar-refractivity contribution in [3.05, 3.63) is 0 Å². The Labute approximate surface area is 44.1 Å². The summed E-state index contributed by atoms with van der Waals surface area (Å²) in [6.45, 7) is 4.27. The first-order valence-corrected chi connectivity index (χ1v) is 2.77. The second-order valence-corrected chi connectivity index (χ2v) is 2.30. The molecule has 0 aromatic rings. The topological polar surface area (TPSA) is 38.0 Å². The second kappa shape index (κ2) is 1.80. The molecule has 0 aliphatic carbocycles. The number of nitrogens with one attached hydrogen (secondary N) is 1. The van der Waals surface area contributed by atoms with Crippen molar-refractivity contribution < 1.29 is 0 Å². The summed E-state index contributed by atoms with van der Waals surface area (Å²) >= 11 is 0. The third-order valence-electron chi connectivity index (χ3n) is 1.58. The lowest BCUT2D eigenvalue weighted by atomic mass is 10.1. The van der Waals surface area contributed by atoms with E-state index < -0.39 is 0 Å². The van der Waals surface area contributed by atoms with Crippen LogP contribution >= 0.6 is 0 Å². The fourth-order valence-electron chi connectivity index (χ4n) is 0.830. The molecule has 1 aliphatic rings. The van der Waals surface area contributed by atoms with E-state index in [1.807, 2.05) is 0 Å². The zero-order valence-corrected chi connectivity index (χ0v) is 4.65. The highest BCUT2D eigenvalue weighted by molar-refractivity contribution is 4.79. The minimum Gasteiger partial charge on any atom is -0.326 e. The van der Waals surface area contributed by atoms with Crippen molar-refractivity contribution in [1.82, 2.24) is 5.32 Å². The summed E-state index contributed by atoms with van der Waals surface area (Å²) in [6, 6.07) is 0.403.